The minimum atomic E-state index is -0.220. The second kappa shape index (κ2) is 9.23. The molecule has 1 fully saturated rings. The molecule has 1 aliphatic carbocycles. The molecule has 2 heterocycles. The molecule has 1 aromatic heterocycles. The first kappa shape index (κ1) is 21.5. The summed E-state index contributed by atoms with van der Waals surface area (Å²) < 4.78 is 5.33. The molecule has 0 radical (unpaired) electrons. The van der Waals surface area contributed by atoms with Crippen LogP contribution in [0.5, 0.6) is 5.75 Å². The van der Waals surface area contributed by atoms with Gasteiger partial charge in [0.1, 0.15) is 5.75 Å². The molecule has 8 heteroatoms. The van der Waals surface area contributed by atoms with Gasteiger partial charge in [-0.2, -0.15) is 0 Å². The summed E-state index contributed by atoms with van der Waals surface area (Å²) in [5.74, 6) is 0.579. The Morgan fingerprint density at radius 2 is 1.85 bits per heavy atom. The van der Waals surface area contributed by atoms with Crippen LogP contribution < -0.4 is 15.0 Å². The minimum absolute atomic E-state index is 0.144. The molecule has 170 valence electrons. The van der Waals surface area contributed by atoms with E-state index in [9.17, 15) is 9.59 Å². The molecule has 1 atom stereocenters. The normalized spacial score (nSPS) is 17.5. The third kappa shape index (κ3) is 4.43. The van der Waals surface area contributed by atoms with Gasteiger partial charge in [0, 0.05) is 48.4 Å². The fraction of sp³-hybridized carbons (Fsp3) is 0.320. The molecule has 2 amide bonds. The van der Waals surface area contributed by atoms with Gasteiger partial charge in [-0.25, -0.2) is 4.98 Å². The van der Waals surface area contributed by atoms with Gasteiger partial charge in [-0.1, -0.05) is 24.3 Å². The van der Waals surface area contributed by atoms with E-state index >= 15 is 0 Å². The number of carbonyl (C=O) groups is 2. The van der Waals surface area contributed by atoms with Crippen LogP contribution in [0.3, 0.4) is 0 Å². The minimum Gasteiger partial charge on any atom is -0.497 e. The Kier molecular flexibility index (Phi) is 6.00. The molecule has 0 saturated carbocycles. The van der Waals surface area contributed by atoms with Crippen LogP contribution in [0.1, 0.15) is 33.3 Å². The number of ether oxygens (including phenoxy) is 1. The predicted octanol–water partition coefficient (Wildman–Crippen LogP) is 3.78. The highest BCUT2D eigenvalue weighted by atomic mass is 32.1. The molecule has 0 bridgehead atoms. The molecule has 3 aromatic rings. The van der Waals surface area contributed by atoms with Crippen LogP contribution in [0.15, 0.2) is 54.6 Å². The largest absolute Gasteiger partial charge is 0.497 e. The Bertz CT molecular complexity index is 1160. The number of hydrogen-bond acceptors (Lipinski definition) is 6. The fourth-order valence-corrected chi connectivity index (χ4v) is 5.53. The number of amides is 2. The Labute approximate surface area is 197 Å². The Balaban J connectivity index is 1.22. The number of piperazine rings is 1. The Morgan fingerprint density at radius 1 is 1.06 bits per heavy atom. The smallest absolute Gasteiger partial charge is 0.257 e. The number of carbonyl (C=O) groups excluding carboxylic acids is 2. The van der Waals surface area contributed by atoms with Crippen LogP contribution in [-0.4, -0.2) is 55.0 Å². The summed E-state index contributed by atoms with van der Waals surface area (Å²) in [4.78, 5) is 35.8. The number of fused-ring (bicyclic) bond motifs is 1. The summed E-state index contributed by atoms with van der Waals surface area (Å²) in [5.41, 5.74) is 2.54. The SMILES string of the molecule is COc1cccc(N2CCN(C(=O)C3CCc4sc(NC(=O)c5ccccc5)nc43)CC2)c1. The second-order valence-corrected chi connectivity index (χ2v) is 9.34. The van der Waals surface area contributed by atoms with Crippen molar-refractivity contribution in [3.8, 4) is 5.75 Å². The van der Waals surface area contributed by atoms with E-state index in [4.69, 9.17) is 4.74 Å². The van der Waals surface area contributed by atoms with Gasteiger partial charge in [0.15, 0.2) is 5.13 Å². The van der Waals surface area contributed by atoms with Crippen LogP contribution in [0, 0.1) is 0 Å². The molecule has 1 saturated heterocycles. The summed E-state index contributed by atoms with van der Waals surface area (Å²) in [5, 5.41) is 3.45. The van der Waals surface area contributed by atoms with Gasteiger partial charge in [0.2, 0.25) is 5.91 Å². The third-order valence-corrected chi connectivity index (χ3v) is 7.33. The average Bonchev–Trinajstić information content (AvgIpc) is 3.44. The van der Waals surface area contributed by atoms with Gasteiger partial charge < -0.3 is 14.5 Å². The molecule has 1 unspecified atom stereocenters. The highest BCUT2D eigenvalue weighted by Crippen LogP contribution is 2.39. The topological polar surface area (TPSA) is 74.8 Å². The monoisotopic (exact) mass is 462 g/mol. The summed E-state index contributed by atoms with van der Waals surface area (Å²) in [6, 6.07) is 17.1. The van der Waals surface area contributed by atoms with Crippen molar-refractivity contribution in [2.24, 2.45) is 0 Å². The summed E-state index contributed by atoms with van der Waals surface area (Å²) in [6.07, 6.45) is 1.62. The molecular formula is C25H26N4O3S. The lowest BCUT2D eigenvalue weighted by atomic mass is 10.1. The van der Waals surface area contributed by atoms with Crippen molar-refractivity contribution in [2.75, 3.05) is 43.5 Å². The first-order valence-electron chi connectivity index (χ1n) is 11.2. The van der Waals surface area contributed by atoms with Crippen molar-refractivity contribution >= 4 is 34.0 Å². The lowest BCUT2D eigenvalue weighted by Gasteiger charge is -2.37. The van der Waals surface area contributed by atoms with Crippen LogP contribution in [0.4, 0.5) is 10.8 Å². The zero-order chi connectivity index (χ0) is 22.8. The number of thiazole rings is 1. The number of nitrogens with one attached hydrogen (secondary N) is 1. The molecular weight excluding hydrogens is 436 g/mol. The van der Waals surface area contributed by atoms with Crippen LogP contribution in [0.2, 0.25) is 0 Å². The lowest BCUT2D eigenvalue weighted by molar-refractivity contribution is -0.133. The first-order chi connectivity index (χ1) is 16.1. The van der Waals surface area contributed by atoms with Gasteiger partial charge >= 0.3 is 0 Å². The quantitative estimate of drug-likeness (QED) is 0.625. The van der Waals surface area contributed by atoms with Crippen molar-refractivity contribution in [1.82, 2.24) is 9.88 Å². The van der Waals surface area contributed by atoms with E-state index in [2.05, 4.69) is 21.3 Å². The molecule has 5 rings (SSSR count). The zero-order valence-electron chi connectivity index (χ0n) is 18.5. The van der Waals surface area contributed by atoms with Gasteiger partial charge in [-0.3, -0.25) is 14.9 Å². The number of aryl methyl sites for hydroxylation is 1. The highest BCUT2D eigenvalue weighted by molar-refractivity contribution is 7.16. The van der Waals surface area contributed by atoms with Crippen molar-refractivity contribution in [3.63, 3.8) is 0 Å². The molecule has 2 aliphatic rings. The van der Waals surface area contributed by atoms with E-state index in [0.29, 0.717) is 23.8 Å². The van der Waals surface area contributed by atoms with E-state index < -0.39 is 0 Å². The van der Waals surface area contributed by atoms with E-state index in [0.717, 1.165) is 47.9 Å². The first-order valence-corrected chi connectivity index (χ1v) is 12.0. The molecule has 0 spiro atoms. The predicted molar refractivity (Wildman–Crippen MR) is 129 cm³/mol. The van der Waals surface area contributed by atoms with E-state index in [1.165, 1.54) is 11.3 Å². The number of anilines is 2. The number of aromatic nitrogens is 1. The number of nitrogens with zero attached hydrogens (tertiary/aromatic N) is 3. The molecule has 1 aliphatic heterocycles. The number of rotatable bonds is 5. The maximum absolute atomic E-state index is 13.3. The Hall–Kier alpha value is -3.39. The van der Waals surface area contributed by atoms with Gasteiger partial charge in [0.25, 0.3) is 5.91 Å². The average molecular weight is 463 g/mol. The van der Waals surface area contributed by atoms with Crippen LogP contribution in [0.25, 0.3) is 0 Å². The summed E-state index contributed by atoms with van der Waals surface area (Å²) in [7, 11) is 1.67. The summed E-state index contributed by atoms with van der Waals surface area (Å²) in [6.45, 7) is 2.94. The van der Waals surface area contributed by atoms with Crippen LogP contribution >= 0.6 is 11.3 Å². The van der Waals surface area contributed by atoms with Gasteiger partial charge in [0.05, 0.1) is 18.7 Å². The fourth-order valence-electron chi connectivity index (χ4n) is 4.49. The molecule has 7 nitrogen and oxygen atoms in total. The second-order valence-electron chi connectivity index (χ2n) is 8.25. The van der Waals surface area contributed by atoms with E-state index in [1.807, 2.05) is 41.3 Å². The van der Waals surface area contributed by atoms with Crippen molar-refractivity contribution < 1.29 is 14.3 Å². The number of methoxy groups -OCH3 is 1. The molecule has 33 heavy (non-hydrogen) atoms. The maximum atomic E-state index is 13.3. The van der Waals surface area contributed by atoms with Gasteiger partial charge in [-0.15, -0.1) is 11.3 Å². The van der Waals surface area contributed by atoms with Crippen molar-refractivity contribution in [3.05, 3.63) is 70.7 Å². The maximum Gasteiger partial charge on any atom is 0.257 e. The van der Waals surface area contributed by atoms with Gasteiger partial charge in [-0.05, 0) is 37.1 Å². The molecule has 2 aromatic carbocycles. The highest BCUT2D eigenvalue weighted by Gasteiger charge is 2.36. The van der Waals surface area contributed by atoms with Crippen molar-refractivity contribution in [2.45, 2.75) is 18.8 Å². The number of benzene rings is 2. The molecule has 1 N–H and O–H groups in total. The standard InChI is InChI=1S/C25H26N4O3S/c1-32-19-9-5-8-18(16-19)28-12-14-29(15-13-28)24(31)20-10-11-21-22(20)26-25(33-21)27-23(30)17-6-3-2-4-7-17/h2-9,16,20H,10-15H2,1H3,(H,26,27,30). The van der Waals surface area contributed by atoms with Crippen LogP contribution in [-0.2, 0) is 11.2 Å². The van der Waals surface area contributed by atoms with E-state index in [1.54, 1.807) is 19.2 Å². The Morgan fingerprint density at radius 3 is 2.61 bits per heavy atom. The number of hydrogen-bond donors (Lipinski definition) is 1. The summed E-state index contributed by atoms with van der Waals surface area (Å²) >= 11 is 1.48. The zero-order valence-corrected chi connectivity index (χ0v) is 19.3. The van der Waals surface area contributed by atoms with Crippen molar-refractivity contribution in [1.29, 1.82) is 0 Å². The lowest BCUT2D eigenvalue weighted by Crippen LogP contribution is -2.50. The van der Waals surface area contributed by atoms with E-state index in [-0.39, 0.29) is 17.7 Å². The third-order valence-electron chi connectivity index (χ3n) is 6.28.